The molecule has 2 aromatic heterocycles. The number of nitrogens with one attached hydrogen (secondary N) is 1. The Morgan fingerprint density at radius 2 is 2.03 bits per heavy atom. The molecular weight excluding hydrogens is 372 g/mol. The van der Waals surface area contributed by atoms with Crippen molar-refractivity contribution in [3.05, 3.63) is 83.3 Å². The molecule has 4 rings (SSSR count). The van der Waals surface area contributed by atoms with E-state index in [-0.39, 0.29) is 0 Å². The van der Waals surface area contributed by atoms with Gasteiger partial charge in [0.25, 0.3) is 0 Å². The smallest absolute Gasteiger partial charge is 0.130 e. The van der Waals surface area contributed by atoms with Crippen molar-refractivity contribution in [2.24, 2.45) is 0 Å². The molecule has 1 aromatic carbocycles. The average molecular weight is 403 g/mol. The molecule has 1 fully saturated rings. The molecule has 5 nitrogen and oxygen atoms in total. The molecule has 0 aliphatic carbocycles. The van der Waals surface area contributed by atoms with E-state index in [9.17, 15) is 0 Å². The molecule has 156 valence electrons. The maximum Gasteiger partial charge on any atom is 0.130 e. The molecule has 0 spiro atoms. The number of benzene rings is 1. The molecule has 1 atom stereocenters. The standard InChI is InChI=1S/C25H30N4O/c1-26-25-21(8-5-13-27-25)18-29-14-6-9-20(17-29)24-12-4-10-22(28-24)15-19-7-3-11-23(16-19)30-2/h3-5,7-8,10-13,16,20H,6,9,14-15,17-18H2,1-2H3,(H,26,27). The molecule has 5 heteroatoms. The second-order valence-electron chi connectivity index (χ2n) is 7.92. The van der Waals surface area contributed by atoms with Crippen LogP contribution in [0.4, 0.5) is 5.82 Å². The zero-order valence-corrected chi connectivity index (χ0v) is 17.8. The number of piperidine rings is 1. The van der Waals surface area contributed by atoms with Crippen LogP contribution in [0, 0.1) is 0 Å². The number of anilines is 1. The van der Waals surface area contributed by atoms with E-state index in [1.807, 2.05) is 31.4 Å². The third-order valence-electron chi connectivity index (χ3n) is 5.79. The summed E-state index contributed by atoms with van der Waals surface area (Å²) in [5, 5.41) is 3.21. The van der Waals surface area contributed by atoms with Gasteiger partial charge in [-0.05, 0) is 55.3 Å². The van der Waals surface area contributed by atoms with Gasteiger partial charge in [-0.3, -0.25) is 9.88 Å². The van der Waals surface area contributed by atoms with Crippen LogP contribution in [0.3, 0.4) is 0 Å². The Morgan fingerprint density at radius 1 is 1.13 bits per heavy atom. The van der Waals surface area contributed by atoms with E-state index >= 15 is 0 Å². The number of nitrogens with zero attached hydrogens (tertiary/aromatic N) is 3. The Kier molecular flexibility index (Phi) is 6.60. The van der Waals surface area contributed by atoms with Crippen molar-refractivity contribution >= 4 is 5.82 Å². The van der Waals surface area contributed by atoms with Gasteiger partial charge in [-0.15, -0.1) is 0 Å². The van der Waals surface area contributed by atoms with Crippen LogP contribution in [0.25, 0.3) is 0 Å². The lowest BCUT2D eigenvalue weighted by Gasteiger charge is -2.33. The summed E-state index contributed by atoms with van der Waals surface area (Å²) in [4.78, 5) is 12.0. The Balaban J connectivity index is 1.45. The summed E-state index contributed by atoms with van der Waals surface area (Å²) in [7, 11) is 3.64. The first kappa shape index (κ1) is 20.4. The lowest BCUT2D eigenvalue weighted by Crippen LogP contribution is -2.34. The molecular formula is C25H30N4O. The highest BCUT2D eigenvalue weighted by Gasteiger charge is 2.23. The normalized spacial score (nSPS) is 16.9. The van der Waals surface area contributed by atoms with E-state index in [1.165, 1.54) is 29.7 Å². The Morgan fingerprint density at radius 3 is 2.90 bits per heavy atom. The molecule has 0 radical (unpaired) electrons. The quantitative estimate of drug-likeness (QED) is 0.631. The van der Waals surface area contributed by atoms with E-state index in [0.717, 1.165) is 43.3 Å². The van der Waals surface area contributed by atoms with Crippen molar-refractivity contribution in [1.82, 2.24) is 14.9 Å². The Labute approximate surface area is 179 Å². The van der Waals surface area contributed by atoms with Crippen molar-refractivity contribution in [3.8, 4) is 5.75 Å². The molecule has 1 N–H and O–H groups in total. The van der Waals surface area contributed by atoms with Gasteiger partial charge in [0.05, 0.1) is 7.11 Å². The molecule has 1 unspecified atom stereocenters. The van der Waals surface area contributed by atoms with Gasteiger partial charge < -0.3 is 10.1 Å². The van der Waals surface area contributed by atoms with Crippen molar-refractivity contribution in [3.63, 3.8) is 0 Å². The highest BCUT2D eigenvalue weighted by Crippen LogP contribution is 2.28. The van der Waals surface area contributed by atoms with Crippen LogP contribution in [0.15, 0.2) is 60.8 Å². The van der Waals surface area contributed by atoms with Crippen LogP contribution in [0.2, 0.25) is 0 Å². The van der Waals surface area contributed by atoms with Gasteiger partial charge in [-0.1, -0.05) is 24.3 Å². The van der Waals surface area contributed by atoms with Gasteiger partial charge >= 0.3 is 0 Å². The Bertz CT molecular complexity index is 975. The summed E-state index contributed by atoms with van der Waals surface area (Å²) in [5.74, 6) is 2.33. The first-order valence-electron chi connectivity index (χ1n) is 10.7. The molecule has 0 amide bonds. The van der Waals surface area contributed by atoms with Crippen LogP contribution in [-0.4, -0.2) is 42.1 Å². The first-order valence-corrected chi connectivity index (χ1v) is 10.7. The predicted molar refractivity (Wildman–Crippen MR) is 121 cm³/mol. The molecule has 1 aliphatic rings. The summed E-state index contributed by atoms with van der Waals surface area (Å²) in [5.41, 5.74) is 4.79. The van der Waals surface area contributed by atoms with Gasteiger partial charge in [0.15, 0.2) is 0 Å². The van der Waals surface area contributed by atoms with Crippen LogP contribution in [0.5, 0.6) is 5.75 Å². The fourth-order valence-corrected chi connectivity index (χ4v) is 4.29. The van der Waals surface area contributed by atoms with Gasteiger partial charge in [-0.2, -0.15) is 0 Å². The highest BCUT2D eigenvalue weighted by atomic mass is 16.5. The van der Waals surface area contributed by atoms with Crippen molar-refractivity contribution in [1.29, 1.82) is 0 Å². The number of hydrogen-bond donors (Lipinski definition) is 1. The maximum absolute atomic E-state index is 5.35. The number of likely N-dealkylation sites (tertiary alicyclic amines) is 1. The molecule has 3 aromatic rings. The van der Waals surface area contributed by atoms with E-state index in [0.29, 0.717) is 5.92 Å². The third-order valence-corrected chi connectivity index (χ3v) is 5.79. The van der Waals surface area contributed by atoms with Crippen LogP contribution in [-0.2, 0) is 13.0 Å². The Hall–Kier alpha value is -2.92. The molecule has 0 bridgehead atoms. The van der Waals surface area contributed by atoms with E-state index < -0.39 is 0 Å². The predicted octanol–water partition coefficient (Wildman–Crippen LogP) is 4.50. The maximum atomic E-state index is 5.35. The number of pyridine rings is 2. The van der Waals surface area contributed by atoms with Crippen LogP contribution >= 0.6 is 0 Å². The second kappa shape index (κ2) is 9.72. The molecule has 30 heavy (non-hydrogen) atoms. The minimum Gasteiger partial charge on any atom is -0.497 e. The van der Waals surface area contributed by atoms with E-state index in [2.05, 4.69) is 51.6 Å². The van der Waals surface area contributed by atoms with E-state index in [4.69, 9.17) is 9.72 Å². The van der Waals surface area contributed by atoms with Gasteiger partial charge in [0.1, 0.15) is 11.6 Å². The highest BCUT2D eigenvalue weighted by molar-refractivity contribution is 5.42. The van der Waals surface area contributed by atoms with Gasteiger partial charge in [-0.25, -0.2) is 4.98 Å². The lowest BCUT2D eigenvalue weighted by molar-refractivity contribution is 0.198. The minimum absolute atomic E-state index is 0.471. The summed E-state index contributed by atoms with van der Waals surface area (Å²) >= 11 is 0. The zero-order chi connectivity index (χ0) is 20.8. The third kappa shape index (κ3) is 4.97. The topological polar surface area (TPSA) is 50.3 Å². The van der Waals surface area contributed by atoms with E-state index in [1.54, 1.807) is 7.11 Å². The molecule has 0 saturated carbocycles. The fourth-order valence-electron chi connectivity index (χ4n) is 4.29. The van der Waals surface area contributed by atoms with Crippen molar-refractivity contribution in [2.45, 2.75) is 31.7 Å². The summed E-state index contributed by atoms with van der Waals surface area (Å²) in [6, 6.07) is 18.9. The first-order chi connectivity index (χ1) is 14.7. The summed E-state index contributed by atoms with van der Waals surface area (Å²) < 4.78 is 5.35. The van der Waals surface area contributed by atoms with Crippen molar-refractivity contribution in [2.75, 3.05) is 32.6 Å². The summed E-state index contributed by atoms with van der Waals surface area (Å²) in [6.07, 6.45) is 5.05. The molecule has 1 saturated heterocycles. The van der Waals surface area contributed by atoms with Crippen LogP contribution < -0.4 is 10.1 Å². The lowest BCUT2D eigenvalue weighted by atomic mass is 9.93. The molecule has 1 aliphatic heterocycles. The largest absolute Gasteiger partial charge is 0.497 e. The zero-order valence-electron chi connectivity index (χ0n) is 17.8. The van der Waals surface area contributed by atoms with Crippen LogP contribution in [0.1, 0.15) is 41.3 Å². The number of aromatic nitrogens is 2. The monoisotopic (exact) mass is 402 g/mol. The van der Waals surface area contributed by atoms with Crippen molar-refractivity contribution < 1.29 is 4.74 Å². The number of rotatable bonds is 7. The number of ether oxygens (including phenoxy) is 1. The van der Waals surface area contributed by atoms with Gasteiger partial charge in [0.2, 0.25) is 0 Å². The summed E-state index contributed by atoms with van der Waals surface area (Å²) in [6.45, 7) is 3.08. The average Bonchev–Trinajstić information content (AvgIpc) is 2.80. The SMILES string of the molecule is CNc1ncccc1CN1CCCC(c2cccc(Cc3cccc(OC)c3)n2)C1. The van der Waals surface area contributed by atoms with Gasteiger partial charge in [0, 0.05) is 55.6 Å². The number of hydrogen-bond acceptors (Lipinski definition) is 5. The minimum atomic E-state index is 0.471. The molecule has 3 heterocycles. The number of methoxy groups -OCH3 is 1. The fraction of sp³-hybridized carbons (Fsp3) is 0.360. The second-order valence-corrected chi connectivity index (χ2v) is 7.92.